The zero-order chi connectivity index (χ0) is 14.0. The third kappa shape index (κ3) is 9.83. The smallest absolute Gasteiger partial charge is 0.169 e. The van der Waals surface area contributed by atoms with Crippen molar-refractivity contribution in [3.63, 3.8) is 0 Å². The van der Waals surface area contributed by atoms with Crippen molar-refractivity contribution in [3.05, 3.63) is 0 Å². The van der Waals surface area contributed by atoms with Crippen LogP contribution < -0.4 is 5.32 Å². The van der Waals surface area contributed by atoms with E-state index in [1.807, 2.05) is 13.8 Å². The quantitative estimate of drug-likeness (QED) is 0.576. The molecule has 1 atom stereocenters. The molecule has 0 aromatic heterocycles. The van der Waals surface area contributed by atoms with Gasteiger partial charge >= 0.3 is 0 Å². The third-order valence-corrected chi connectivity index (χ3v) is 2.62. The van der Waals surface area contributed by atoms with E-state index in [4.69, 9.17) is 9.47 Å². The second-order valence-electron chi connectivity index (χ2n) is 5.34. The maximum Gasteiger partial charge on any atom is 0.169 e. The molecule has 110 valence electrons. The molecule has 0 saturated carbocycles. The normalized spacial score (nSPS) is 13.8. The summed E-state index contributed by atoms with van der Waals surface area (Å²) in [6, 6.07) is 0.489. The summed E-state index contributed by atoms with van der Waals surface area (Å²) in [7, 11) is 4.22. The Balaban J connectivity index is 4.11. The summed E-state index contributed by atoms with van der Waals surface area (Å²) in [6.07, 6.45) is 1.04. The summed E-state index contributed by atoms with van der Waals surface area (Å²) >= 11 is 0. The van der Waals surface area contributed by atoms with E-state index in [-0.39, 0.29) is 6.29 Å². The van der Waals surface area contributed by atoms with Crippen molar-refractivity contribution in [2.75, 3.05) is 40.4 Å². The van der Waals surface area contributed by atoms with Gasteiger partial charge in [0.1, 0.15) is 0 Å². The molecule has 0 aliphatic rings. The number of rotatable bonds is 11. The lowest BCUT2D eigenvalue weighted by atomic mass is 10.0. The minimum Gasteiger partial charge on any atom is -0.352 e. The van der Waals surface area contributed by atoms with Crippen molar-refractivity contribution < 1.29 is 9.47 Å². The fraction of sp³-hybridized carbons (Fsp3) is 1.00. The Labute approximate surface area is 113 Å². The lowest BCUT2D eigenvalue weighted by Crippen LogP contribution is -2.43. The van der Waals surface area contributed by atoms with Crippen molar-refractivity contribution in [2.45, 2.75) is 46.4 Å². The molecule has 0 amide bonds. The van der Waals surface area contributed by atoms with Crippen LogP contribution in [0.15, 0.2) is 0 Å². The van der Waals surface area contributed by atoms with Crippen LogP contribution in [0, 0.1) is 5.92 Å². The van der Waals surface area contributed by atoms with Crippen LogP contribution in [0.2, 0.25) is 0 Å². The number of ether oxygens (including phenoxy) is 2. The largest absolute Gasteiger partial charge is 0.352 e. The lowest BCUT2D eigenvalue weighted by Gasteiger charge is -2.26. The number of hydrogen-bond donors (Lipinski definition) is 1. The van der Waals surface area contributed by atoms with Crippen LogP contribution >= 0.6 is 0 Å². The maximum atomic E-state index is 5.54. The predicted octanol–water partition coefficient (Wildman–Crippen LogP) is 1.95. The first-order valence-electron chi connectivity index (χ1n) is 7.10. The highest BCUT2D eigenvalue weighted by Crippen LogP contribution is 2.06. The lowest BCUT2D eigenvalue weighted by molar-refractivity contribution is -0.134. The molecule has 4 heteroatoms. The second-order valence-corrected chi connectivity index (χ2v) is 5.34. The van der Waals surface area contributed by atoms with Gasteiger partial charge in [0.15, 0.2) is 6.29 Å². The van der Waals surface area contributed by atoms with Crippen LogP contribution in [0.3, 0.4) is 0 Å². The number of nitrogens with one attached hydrogen (secondary N) is 1. The molecule has 0 aliphatic heterocycles. The molecule has 0 aliphatic carbocycles. The molecule has 0 radical (unpaired) electrons. The van der Waals surface area contributed by atoms with Gasteiger partial charge in [0.25, 0.3) is 0 Å². The summed E-state index contributed by atoms with van der Waals surface area (Å²) in [4.78, 5) is 2.22. The van der Waals surface area contributed by atoms with E-state index in [2.05, 4.69) is 38.2 Å². The van der Waals surface area contributed by atoms with Gasteiger partial charge < -0.3 is 19.7 Å². The van der Waals surface area contributed by atoms with E-state index in [9.17, 15) is 0 Å². The van der Waals surface area contributed by atoms with Crippen molar-refractivity contribution in [1.29, 1.82) is 0 Å². The highest BCUT2D eigenvalue weighted by atomic mass is 16.7. The zero-order valence-electron chi connectivity index (χ0n) is 13.0. The molecule has 0 spiro atoms. The molecular weight excluding hydrogens is 228 g/mol. The Morgan fingerprint density at radius 3 is 2.00 bits per heavy atom. The van der Waals surface area contributed by atoms with Gasteiger partial charge in [-0.1, -0.05) is 13.8 Å². The first kappa shape index (κ1) is 17.8. The van der Waals surface area contributed by atoms with E-state index < -0.39 is 0 Å². The van der Waals surface area contributed by atoms with Gasteiger partial charge in [-0.15, -0.1) is 0 Å². The molecule has 0 saturated heterocycles. The monoisotopic (exact) mass is 260 g/mol. The van der Waals surface area contributed by atoms with E-state index in [1.165, 1.54) is 6.42 Å². The topological polar surface area (TPSA) is 33.7 Å². The fourth-order valence-corrected chi connectivity index (χ4v) is 2.03. The van der Waals surface area contributed by atoms with Crippen molar-refractivity contribution >= 4 is 0 Å². The van der Waals surface area contributed by atoms with Gasteiger partial charge in [0.2, 0.25) is 0 Å². The molecule has 0 aromatic carbocycles. The summed E-state index contributed by atoms with van der Waals surface area (Å²) in [5.41, 5.74) is 0. The molecule has 0 rings (SSSR count). The number of hydrogen-bond acceptors (Lipinski definition) is 4. The number of likely N-dealkylation sites (N-methyl/N-ethyl adjacent to an activating group) is 1. The van der Waals surface area contributed by atoms with Crippen LogP contribution in [0.5, 0.6) is 0 Å². The van der Waals surface area contributed by atoms with Crippen molar-refractivity contribution in [1.82, 2.24) is 10.2 Å². The molecule has 0 fully saturated rings. The Kier molecular flexibility index (Phi) is 10.6. The first-order valence-corrected chi connectivity index (χ1v) is 7.10. The Bertz CT molecular complexity index is 171. The van der Waals surface area contributed by atoms with E-state index >= 15 is 0 Å². The van der Waals surface area contributed by atoms with Crippen molar-refractivity contribution in [2.24, 2.45) is 5.92 Å². The molecule has 1 N–H and O–H groups in total. The average molecular weight is 260 g/mol. The summed E-state index contributed by atoms with van der Waals surface area (Å²) in [5, 5.41) is 3.56. The standard InChI is InChI=1S/C14H32N2O2/c1-7-17-14(18-8-2)10-15-13(9-12(3)4)11-16(5)6/h12-15H,7-11H2,1-6H3. The average Bonchev–Trinajstić information content (AvgIpc) is 2.24. The van der Waals surface area contributed by atoms with Crippen LogP contribution in [-0.2, 0) is 9.47 Å². The third-order valence-electron chi connectivity index (χ3n) is 2.62. The highest BCUT2D eigenvalue weighted by molar-refractivity contribution is 4.72. The van der Waals surface area contributed by atoms with Crippen LogP contribution in [-0.4, -0.2) is 57.6 Å². The van der Waals surface area contributed by atoms with Gasteiger partial charge in [0.05, 0.1) is 0 Å². The first-order chi connectivity index (χ1) is 8.49. The van der Waals surface area contributed by atoms with Crippen LogP contribution in [0.1, 0.15) is 34.1 Å². The Morgan fingerprint density at radius 2 is 1.61 bits per heavy atom. The molecule has 1 unspecified atom stereocenters. The van der Waals surface area contributed by atoms with Gasteiger partial charge in [-0.2, -0.15) is 0 Å². The fourth-order valence-electron chi connectivity index (χ4n) is 2.03. The van der Waals surface area contributed by atoms with Crippen LogP contribution in [0.4, 0.5) is 0 Å². The minimum absolute atomic E-state index is 0.128. The molecule has 18 heavy (non-hydrogen) atoms. The van der Waals surface area contributed by atoms with Gasteiger partial charge in [-0.25, -0.2) is 0 Å². The van der Waals surface area contributed by atoms with Gasteiger partial charge in [-0.3, -0.25) is 0 Å². The zero-order valence-corrected chi connectivity index (χ0v) is 13.0. The van der Waals surface area contributed by atoms with Gasteiger partial charge in [0, 0.05) is 32.3 Å². The molecule has 4 nitrogen and oxygen atoms in total. The molecule has 0 aromatic rings. The highest BCUT2D eigenvalue weighted by Gasteiger charge is 2.15. The Morgan fingerprint density at radius 1 is 1.06 bits per heavy atom. The summed E-state index contributed by atoms with van der Waals surface area (Å²) in [6.45, 7) is 11.7. The number of nitrogens with zero attached hydrogens (tertiary/aromatic N) is 1. The second kappa shape index (κ2) is 10.7. The molecule has 0 heterocycles. The summed E-state index contributed by atoms with van der Waals surface area (Å²) < 4.78 is 11.1. The van der Waals surface area contributed by atoms with E-state index in [0.717, 1.165) is 13.1 Å². The van der Waals surface area contributed by atoms with Gasteiger partial charge in [-0.05, 0) is 40.3 Å². The molecule has 0 bridgehead atoms. The van der Waals surface area contributed by atoms with E-state index in [1.54, 1.807) is 0 Å². The van der Waals surface area contributed by atoms with E-state index in [0.29, 0.717) is 25.2 Å². The van der Waals surface area contributed by atoms with Crippen LogP contribution in [0.25, 0.3) is 0 Å². The SMILES string of the molecule is CCOC(CNC(CC(C)C)CN(C)C)OCC. The molecular formula is C14H32N2O2. The summed E-state index contributed by atoms with van der Waals surface area (Å²) in [5.74, 6) is 0.695. The van der Waals surface area contributed by atoms with Crippen molar-refractivity contribution in [3.8, 4) is 0 Å². The predicted molar refractivity (Wildman–Crippen MR) is 76.8 cm³/mol. The Hall–Kier alpha value is -0.160. The maximum absolute atomic E-state index is 5.54. The minimum atomic E-state index is -0.128.